The van der Waals surface area contributed by atoms with Crippen molar-refractivity contribution in [1.82, 2.24) is 4.98 Å². The number of hydrogen-bond acceptors (Lipinski definition) is 7. The predicted molar refractivity (Wildman–Crippen MR) is 121 cm³/mol. The summed E-state index contributed by atoms with van der Waals surface area (Å²) in [6, 6.07) is 15.7. The summed E-state index contributed by atoms with van der Waals surface area (Å²) in [5, 5.41) is 0. The molecule has 2 aromatic carbocycles. The highest BCUT2D eigenvalue weighted by molar-refractivity contribution is 5.67. The summed E-state index contributed by atoms with van der Waals surface area (Å²) in [5.41, 5.74) is 11.2. The van der Waals surface area contributed by atoms with Crippen molar-refractivity contribution in [2.75, 3.05) is 34.4 Å². The summed E-state index contributed by atoms with van der Waals surface area (Å²) in [6.45, 7) is 2.86. The second-order valence-electron chi connectivity index (χ2n) is 7.44. The van der Waals surface area contributed by atoms with Gasteiger partial charge in [-0.15, -0.1) is 0 Å². The van der Waals surface area contributed by atoms with E-state index in [1.807, 2.05) is 55.5 Å². The third-order valence-electron chi connectivity index (χ3n) is 5.46. The lowest BCUT2D eigenvalue weighted by atomic mass is 9.92. The van der Waals surface area contributed by atoms with E-state index in [-0.39, 0.29) is 19.6 Å². The second kappa shape index (κ2) is 9.99. The SMILES string of the molecule is COCOc1ccc(C(OC)c2c(C)cc(OCN)c3c2CCO3)nc1-c1ccccc1. The van der Waals surface area contributed by atoms with Crippen LogP contribution >= 0.6 is 0 Å². The van der Waals surface area contributed by atoms with Gasteiger partial charge in [0, 0.05) is 31.8 Å². The molecule has 0 saturated carbocycles. The zero-order valence-electron chi connectivity index (χ0n) is 18.6. The Labute approximate surface area is 188 Å². The summed E-state index contributed by atoms with van der Waals surface area (Å²) in [4.78, 5) is 4.97. The Morgan fingerprint density at radius 3 is 2.59 bits per heavy atom. The second-order valence-corrected chi connectivity index (χ2v) is 7.44. The number of nitrogens with two attached hydrogens (primary N) is 1. The molecule has 7 heteroatoms. The van der Waals surface area contributed by atoms with Crippen LogP contribution in [0.1, 0.15) is 28.5 Å². The number of nitrogens with zero attached hydrogens (tertiary/aromatic N) is 1. The molecule has 168 valence electrons. The predicted octanol–water partition coefficient (Wildman–Crippen LogP) is 4.01. The fourth-order valence-electron chi connectivity index (χ4n) is 4.11. The van der Waals surface area contributed by atoms with Gasteiger partial charge in [0.15, 0.2) is 18.3 Å². The average molecular weight is 437 g/mol. The molecule has 32 heavy (non-hydrogen) atoms. The number of rotatable bonds is 9. The number of fused-ring (bicyclic) bond motifs is 1. The maximum absolute atomic E-state index is 5.99. The van der Waals surface area contributed by atoms with Gasteiger partial charge in [-0.2, -0.15) is 0 Å². The van der Waals surface area contributed by atoms with E-state index in [9.17, 15) is 0 Å². The zero-order valence-corrected chi connectivity index (χ0v) is 18.6. The molecule has 2 heterocycles. The van der Waals surface area contributed by atoms with Crippen molar-refractivity contribution in [3.8, 4) is 28.5 Å². The molecule has 1 aliphatic heterocycles. The third-order valence-corrected chi connectivity index (χ3v) is 5.46. The van der Waals surface area contributed by atoms with Gasteiger partial charge in [0.2, 0.25) is 0 Å². The smallest absolute Gasteiger partial charge is 0.188 e. The molecule has 1 aromatic heterocycles. The molecule has 1 aliphatic rings. The Morgan fingerprint density at radius 1 is 1.06 bits per heavy atom. The number of ether oxygens (including phenoxy) is 5. The molecular formula is C25H28N2O5. The molecular weight excluding hydrogens is 408 g/mol. The van der Waals surface area contributed by atoms with E-state index in [2.05, 4.69) is 0 Å². The van der Waals surface area contributed by atoms with Gasteiger partial charge < -0.3 is 23.7 Å². The first-order valence-corrected chi connectivity index (χ1v) is 10.5. The highest BCUT2D eigenvalue weighted by Crippen LogP contribution is 2.44. The Balaban J connectivity index is 1.81. The fourth-order valence-corrected chi connectivity index (χ4v) is 4.11. The molecule has 4 rings (SSSR count). The first-order valence-electron chi connectivity index (χ1n) is 10.5. The molecule has 0 spiro atoms. The highest BCUT2D eigenvalue weighted by Gasteiger charge is 2.29. The maximum Gasteiger partial charge on any atom is 0.188 e. The monoisotopic (exact) mass is 436 g/mol. The number of pyridine rings is 1. The van der Waals surface area contributed by atoms with E-state index in [0.29, 0.717) is 18.1 Å². The van der Waals surface area contributed by atoms with Crippen LogP contribution in [0.15, 0.2) is 48.5 Å². The summed E-state index contributed by atoms with van der Waals surface area (Å²) in [5.74, 6) is 2.05. The minimum absolute atomic E-state index is 0.0905. The van der Waals surface area contributed by atoms with Gasteiger partial charge in [-0.25, -0.2) is 4.98 Å². The van der Waals surface area contributed by atoms with Crippen molar-refractivity contribution in [2.45, 2.75) is 19.4 Å². The molecule has 2 N–H and O–H groups in total. The van der Waals surface area contributed by atoms with Crippen molar-refractivity contribution in [3.63, 3.8) is 0 Å². The Kier molecular flexibility index (Phi) is 6.90. The van der Waals surface area contributed by atoms with E-state index in [1.54, 1.807) is 14.2 Å². The molecule has 3 aromatic rings. The van der Waals surface area contributed by atoms with Crippen molar-refractivity contribution in [1.29, 1.82) is 0 Å². The average Bonchev–Trinajstić information content (AvgIpc) is 3.31. The van der Waals surface area contributed by atoms with Gasteiger partial charge in [0.25, 0.3) is 0 Å². The standard InChI is InChI=1S/C25H28N2O5/c1-16-13-21(31-14-26)24-18(11-12-30-24)22(16)25(29-3)19-9-10-20(32-15-28-2)23(27-19)17-7-5-4-6-8-17/h4-10,13,25H,11-12,14-15,26H2,1-3H3. The molecule has 0 bridgehead atoms. The van der Waals surface area contributed by atoms with E-state index < -0.39 is 0 Å². The van der Waals surface area contributed by atoms with Crippen molar-refractivity contribution in [2.24, 2.45) is 5.73 Å². The number of benzene rings is 2. The lowest BCUT2D eigenvalue weighted by Crippen LogP contribution is -2.13. The van der Waals surface area contributed by atoms with Gasteiger partial charge in [-0.3, -0.25) is 5.73 Å². The van der Waals surface area contributed by atoms with Crippen LogP contribution in [0.5, 0.6) is 17.2 Å². The van der Waals surface area contributed by atoms with Crippen molar-refractivity contribution < 1.29 is 23.7 Å². The quantitative estimate of drug-likeness (QED) is 0.507. The number of aryl methyl sites for hydroxylation is 1. The highest BCUT2D eigenvalue weighted by atomic mass is 16.7. The minimum atomic E-state index is -0.378. The third kappa shape index (κ3) is 4.27. The lowest BCUT2D eigenvalue weighted by molar-refractivity contribution is 0.0512. The van der Waals surface area contributed by atoms with E-state index in [1.165, 1.54) is 0 Å². The number of aromatic nitrogens is 1. The Hall–Kier alpha value is -3.13. The molecule has 7 nitrogen and oxygen atoms in total. The first kappa shape index (κ1) is 22.1. The van der Waals surface area contributed by atoms with E-state index >= 15 is 0 Å². The van der Waals surface area contributed by atoms with Crippen LogP contribution in [0.25, 0.3) is 11.3 Å². The van der Waals surface area contributed by atoms with Crippen LogP contribution in [0.3, 0.4) is 0 Å². The maximum atomic E-state index is 5.99. The Bertz CT molecular complexity index is 1070. The molecule has 1 atom stereocenters. The van der Waals surface area contributed by atoms with Gasteiger partial charge in [-0.05, 0) is 36.2 Å². The van der Waals surface area contributed by atoms with Crippen LogP contribution < -0.4 is 19.9 Å². The largest absolute Gasteiger partial charge is 0.489 e. The van der Waals surface area contributed by atoms with Crippen LogP contribution in [0.2, 0.25) is 0 Å². The van der Waals surface area contributed by atoms with Gasteiger partial charge >= 0.3 is 0 Å². The van der Waals surface area contributed by atoms with Crippen molar-refractivity contribution >= 4 is 0 Å². The van der Waals surface area contributed by atoms with E-state index in [0.717, 1.165) is 45.8 Å². The zero-order chi connectivity index (χ0) is 22.5. The van der Waals surface area contributed by atoms with Crippen LogP contribution in [-0.4, -0.2) is 39.3 Å². The van der Waals surface area contributed by atoms with Crippen LogP contribution in [-0.2, 0) is 15.9 Å². The minimum Gasteiger partial charge on any atom is -0.489 e. The van der Waals surface area contributed by atoms with E-state index in [4.69, 9.17) is 34.4 Å². The van der Waals surface area contributed by atoms with Gasteiger partial charge in [-0.1, -0.05) is 30.3 Å². The first-order chi connectivity index (χ1) is 15.7. The normalized spacial score (nSPS) is 13.4. The van der Waals surface area contributed by atoms with Crippen molar-refractivity contribution in [3.05, 3.63) is 70.9 Å². The van der Waals surface area contributed by atoms with Gasteiger partial charge in [0.1, 0.15) is 24.3 Å². The number of hydrogen-bond donors (Lipinski definition) is 1. The Morgan fingerprint density at radius 2 is 1.88 bits per heavy atom. The number of methoxy groups -OCH3 is 2. The van der Waals surface area contributed by atoms with Crippen LogP contribution in [0, 0.1) is 6.92 Å². The van der Waals surface area contributed by atoms with Gasteiger partial charge in [0.05, 0.1) is 12.3 Å². The summed E-state index contributed by atoms with van der Waals surface area (Å²) < 4.78 is 28.3. The molecule has 0 saturated heterocycles. The fraction of sp³-hybridized carbons (Fsp3) is 0.320. The summed E-state index contributed by atoms with van der Waals surface area (Å²) >= 11 is 0. The molecule has 0 aliphatic carbocycles. The summed E-state index contributed by atoms with van der Waals surface area (Å²) in [7, 11) is 3.28. The topological polar surface area (TPSA) is 85.1 Å². The lowest BCUT2D eigenvalue weighted by Gasteiger charge is -2.23. The molecule has 0 radical (unpaired) electrons. The summed E-state index contributed by atoms with van der Waals surface area (Å²) in [6.07, 6.45) is 0.393. The molecule has 0 amide bonds. The molecule has 1 unspecified atom stereocenters. The molecule has 0 fully saturated rings. The van der Waals surface area contributed by atoms with Crippen LogP contribution in [0.4, 0.5) is 0 Å².